The molecule has 0 radical (unpaired) electrons. The number of aromatic nitrogens is 3. The van der Waals surface area contributed by atoms with Crippen LogP contribution in [-0.2, 0) is 0 Å². The van der Waals surface area contributed by atoms with Crippen molar-refractivity contribution in [2.75, 3.05) is 19.0 Å². The van der Waals surface area contributed by atoms with Crippen molar-refractivity contribution in [1.29, 1.82) is 0 Å². The molecule has 0 aliphatic carbocycles. The molecule has 3 amide bonds. The average Bonchev–Trinajstić information content (AvgIpc) is 2.95. The fourth-order valence-electron chi connectivity index (χ4n) is 3.95. The first-order valence-electron chi connectivity index (χ1n) is 12.1. The summed E-state index contributed by atoms with van der Waals surface area (Å²) < 4.78 is 4.95. The molecule has 0 fully saturated rings. The number of pyridine rings is 1. The summed E-state index contributed by atoms with van der Waals surface area (Å²) >= 11 is 6.29. The van der Waals surface area contributed by atoms with Crippen LogP contribution >= 0.6 is 11.6 Å². The molecule has 1 unspecified atom stereocenters. The molecule has 0 spiro atoms. The summed E-state index contributed by atoms with van der Waals surface area (Å²) in [6.07, 6.45) is 1.27. The van der Waals surface area contributed by atoms with Crippen LogP contribution in [0.2, 0.25) is 5.02 Å². The number of hydrogen-bond donors (Lipinski definition) is 5. The molecular weight excluding hydrogens is 540 g/mol. The predicted molar refractivity (Wildman–Crippen MR) is 148 cm³/mol. The van der Waals surface area contributed by atoms with E-state index in [9.17, 15) is 19.2 Å². The Morgan fingerprint density at radius 3 is 2.60 bits per heavy atom. The van der Waals surface area contributed by atoms with Crippen molar-refractivity contribution < 1.29 is 24.2 Å². The number of nitrogens with one attached hydrogen (secondary N) is 4. The lowest BCUT2D eigenvalue weighted by Crippen LogP contribution is -2.30. The summed E-state index contributed by atoms with van der Waals surface area (Å²) in [4.78, 5) is 60.1. The molecule has 2 heterocycles. The molecule has 0 aliphatic rings. The minimum absolute atomic E-state index is 0.0636. The molecule has 0 saturated heterocycles. The lowest BCUT2D eigenvalue weighted by molar-refractivity contribution is 0.0932. The third kappa shape index (κ3) is 6.91. The van der Waals surface area contributed by atoms with Crippen molar-refractivity contribution in [3.63, 3.8) is 0 Å². The van der Waals surface area contributed by atoms with Crippen LogP contribution in [0.3, 0.4) is 0 Å². The molecule has 4 aromatic rings. The van der Waals surface area contributed by atoms with E-state index in [-0.39, 0.29) is 40.0 Å². The van der Waals surface area contributed by atoms with E-state index in [1.54, 1.807) is 0 Å². The van der Waals surface area contributed by atoms with Gasteiger partial charge >= 0.3 is 12.1 Å². The van der Waals surface area contributed by atoms with Gasteiger partial charge in [0, 0.05) is 23.7 Å². The highest BCUT2D eigenvalue weighted by Crippen LogP contribution is 2.25. The zero-order chi connectivity index (χ0) is 28.6. The largest absolute Gasteiger partial charge is 0.467 e. The first-order valence-corrected chi connectivity index (χ1v) is 12.5. The van der Waals surface area contributed by atoms with Gasteiger partial charge in [-0.15, -0.1) is 0 Å². The minimum atomic E-state index is -1.12. The monoisotopic (exact) mass is 564 g/mol. The lowest BCUT2D eigenvalue weighted by atomic mass is 10.0. The fraction of sp³-hybridized carbons (Fsp3) is 0.185. The zero-order valence-corrected chi connectivity index (χ0v) is 22.0. The Labute approximate surface area is 232 Å². The number of rotatable bonds is 10. The van der Waals surface area contributed by atoms with Crippen LogP contribution in [0.5, 0.6) is 6.01 Å². The van der Waals surface area contributed by atoms with E-state index < -0.39 is 29.5 Å². The van der Waals surface area contributed by atoms with E-state index in [1.165, 1.54) is 37.6 Å². The fourth-order valence-corrected chi connectivity index (χ4v) is 4.11. The average molecular weight is 565 g/mol. The summed E-state index contributed by atoms with van der Waals surface area (Å²) in [5, 5.41) is 17.2. The van der Waals surface area contributed by atoms with Crippen molar-refractivity contribution >= 4 is 46.2 Å². The molecule has 13 heteroatoms. The van der Waals surface area contributed by atoms with E-state index in [4.69, 9.17) is 21.4 Å². The van der Waals surface area contributed by atoms with Gasteiger partial charge in [0.15, 0.2) is 0 Å². The Hall–Kier alpha value is -4.97. The van der Waals surface area contributed by atoms with Gasteiger partial charge in [-0.1, -0.05) is 41.9 Å². The van der Waals surface area contributed by atoms with Crippen LogP contribution < -0.4 is 26.2 Å². The van der Waals surface area contributed by atoms with Gasteiger partial charge in [0.25, 0.3) is 17.4 Å². The molecule has 206 valence electrons. The van der Waals surface area contributed by atoms with Gasteiger partial charge in [-0.25, -0.2) is 9.78 Å². The number of aromatic amines is 1. The SMILES string of the molecule is COc1ncc2cc(C(=O)Nc3cc(C(=O)NC(CCCNC(=O)O)c4ccccc4)ccc3Cl)c(=O)[nH]c2n1. The van der Waals surface area contributed by atoms with Gasteiger partial charge in [-0.3, -0.25) is 14.4 Å². The first kappa shape index (κ1) is 28.0. The van der Waals surface area contributed by atoms with E-state index in [1.807, 2.05) is 30.3 Å². The van der Waals surface area contributed by atoms with Crippen LogP contribution in [0.1, 0.15) is 45.2 Å². The first-order chi connectivity index (χ1) is 19.2. The highest BCUT2D eigenvalue weighted by Gasteiger charge is 2.19. The standard InChI is InChI=1S/C27H25ClN6O6/c1-40-26-30-14-17-12-18(25(37)33-22(17)34-26)24(36)32-21-13-16(9-10-19(21)28)23(35)31-20(8-5-11-29-27(38)39)15-6-3-2-4-7-15/h2-4,6-7,9-10,12-14,20,29H,5,8,11H2,1H3,(H,31,35)(H,32,36)(H,38,39)(H,30,33,34,37). The highest BCUT2D eigenvalue weighted by atomic mass is 35.5. The molecule has 0 aliphatic heterocycles. The van der Waals surface area contributed by atoms with Gasteiger partial charge in [0.1, 0.15) is 11.2 Å². The topological polar surface area (TPSA) is 175 Å². The van der Waals surface area contributed by atoms with Crippen molar-refractivity contribution in [1.82, 2.24) is 25.6 Å². The summed E-state index contributed by atoms with van der Waals surface area (Å²) in [6.45, 7) is 0.235. The number of carbonyl (C=O) groups is 3. The number of halogens is 1. The van der Waals surface area contributed by atoms with Crippen LogP contribution in [-0.4, -0.2) is 51.6 Å². The summed E-state index contributed by atoms with van der Waals surface area (Å²) in [7, 11) is 1.39. The zero-order valence-electron chi connectivity index (χ0n) is 21.2. The number of carbonyl (C=O) groups excluding carboxylic acids is 2. The Morgan fingerprint density at radius 2 is 1.88 bits per heavy atom. The third-order valence-corrected chi connectivity index (χ3v) is 6.26. The number of carboxylic acid groups (broad SMARTS) is 1. The van der Waals surface area contributed by atoms with E-state index in [0.717, 1.165) is 5.56 Å². The Bertz CT molecular complexity index is 1610. The lowest BCUT2D eigenvalue weighted by Gasteiger charge is -2.20. The van der Waals surface area contributed by atoms with Crippen molar-refractivity contribution in [3.05, 3.63) is 92.9 Å². The number of amides is 3. The molecule has 0 saturated carbocycles. The molecule has 5 N–H and O–H groups in total. The van der Waals surface area contributed by atoms with Crippen LogP contribution in [0.15, 0.2) is 65.6 Å². The van der Waals surface area contributed by atoms with E-state index in [2.05, 4.69) is 30.9 Å². The van der Waals surface area contributed by atoms with Crippen LogP contribution in [0, 0.1) is 0 Å². The maximum absolute atomic E-state index is 13.2. The van der Waals surface area contributed by atoms with Gasteiger partial charge in [0.05, 0.1) is 23.9 Å². The van der Waals surface area contributed by atoms with Crippen LogP contribution in [0.4, 0.5) is 10.5 Å². The number of ether oxygens (including phenoxy) is 1. The van der Waals surface area contributed by atoms with E-state index >= 15 is 0 Å². The second-order valence-corrected chi connectivity index (χ2v) is 9.04. The van der Waals surface area contributed by atoms with Crippen molar-refractivity contribution in [2.45, 2.75) is 18.9 Å². The summed E-state index contributed by atoms with van der Waals surface area (Å²) in [6, 6.07) is 14.7. The summed E-state index contributed by atoms with van der Waals surface area (Å²) in [5.74, 6) is -1.17. The van der Waals surface area contributed by atoms with Crippen molar-refractivity contribution in [3.8, 4) is 6.01 Å². The minimum Gasteiger partial charge on any atom is -0.467 e. The van der Waals surface area contributed by atoms with Crippen LogP contribution in [0.25, 0.3) is 11.0 Å². The second-order valence-electron chi connectivity index (χ2n) is 8.63. The van der Waals surface area contributed by atoms with Gasteiger partial charge < -0.3 is 30.8 Å². The molecule has 1 atom stereocenters. The molecule has 40 heavy (non-hydrogen) atoms. The number of anilines is 1. The number of fused-ring (bicyclic) bond motifs is 1. The number of benzene rings is 2. The van der Waals surface area contributed by atoms with Gasteiger partial charge in [-0.05, 0) is 42.7 Å². The number of methoxy groups -OCH3 is 1. The number of hydrogen-bond acceptors (Lipinski definition) is 7. The predicted octanol–water partition coefficient (Wildman–Crippen LogP) is 3.75. The molecule has 4 rings (SSSR count). The second kappa shape index (κ2) is 12.7. The van der Waals surface area contributed by atoms with Gasteiger partial charge in [-0.2, -0.15) is 4.98 Å². The molecule has 2 aromatic carbocycles. The molecular formula is C27H25ClN6O6. The maximum Gasteiger partial charge on any atom is 0.404 e. The molecule has 0 bridgehead atoms. The smallest absolute Gasteiger partial charge is 0.404 e. The van der Waals surface area contributed by atoms with Crippen molar-refractivity contribution in [2.24, 2.45) is 0 Å². The Morgan fingerprint density at radius 1 is 1.10 bits per heavy atom. The molecule has 2 aromatic heterocycles. The summed E-state index contributed by atoms with van der Waals surface area (Å²) in [5.41, 5.74) is 0.525. The molecule has 12 nitrogen and oxygen atoms in total. The number of nitrogens with zero attached hydrogens (tertiary/aromatic N) is 2. The normalized spacial score (nSPS) is 11.4. The van der Waals surface area contributed by atoms with Gasteiger partial charge in [0.2, 0.25) is 0 Å². The Balaban J connectivity index is 1.52. The quantitative estimate of drug-likeness (QED) is 0.181. The van der Waals surface area contributed by atoms with E-state index in [0.29, 0.717) is 18.2 Å². The maximum atomic E-state index is 13.2. The third-order valence-electron chi connectivity index (χ3n) is 5.93. The highest BCUT2D eigenvalue weighted by molar-refractivity contribution is 6.34. The number of H-pyrrole nitrogens is 1. The Kier molecular flexibility index (Phi) is 8.92.